The molecule has 0 atom stereocenters. The Morgan fingerprint density at radius 3 is 2.32 bits per heavy atom. The Bertz CT molecular complexity index is 858. The van der Waals surface area contributed by atoms with E-state index in [2.05, 4.69) is 15.1 Å². The standard InChI is InChI=1S/C15H11N3O4/c19-12-4-2-9(6-14(12)21)15-16-7-11(17-15)8-1-3-10(18-22)13(20)5-8/h1-7,19-21H,(H,16,17). The Labute approximate surface area is 124 Å². The maximum Gasteiger partial charge on any atom is 0.158 e. The molecule has 0 aliphatic rings. The average molecular weight is 297 g/mol. The summed E-state index contributed by atoms with van der Waals surface area (Å²) >= 11 is 0. The lowest BCUT2D eigenvalue weighted by Crippen LogP contribution is -1.82. The fourth-order valence-electron chi connectivity index (χ4n) is 2.05. The molecule has 7 nitrogen and oxygen atoms in total. The Balaban J connectivity index is 1.98. The van der Waals surface area contributed by atoms with Gasteiger partial charge in [0.05, 0.1) is 11.9 Å². The van der Waals surface area contributed by atoms with Gasteiger partial charge >= 0.3 is 0 Å². The number of phenolic OH excluding ortho intramolecular Hbond substituents is 3. The Kier molecular flexibility index (Phi) is 3.23. The van der Waals surface area contributed by atoms with E-state index in [9.17, 15) is 20.2 Å². The molecule has 1 aromatic heterocycles. The summed E-state index contributed by atoms with van der Waals surface area (Å²) in [7, 11) is 0. The van der Waals surface area contributed by atoms with Crippen LogP contribution < -0.4 is 0 Å². The van der Waals surface area contributed by atoms with Crippen molar-refractivity contribution in [2.24, 2.45) is 5.18 Å². The van der Waals surface area contributed by atoms with E-state index < -0.39 is 0 Å². The van der Waals surface area contributed by atoms with E-state index in [1.807, 2.05) is 0 Å². The Hall–Kier alpha value is -3.35. The Morgan fingerprint density at radius 2 is 1.64 bits per heavy atom. The molecule has 0 saturated carbocycles. The molecule has 7 heteroatoms. The van der Waals surface area contributed by atoms with Crippen LogP contribution in [0.2, 0.25) is 0 Å². The molecule has 0 aliphatic heterocycles. The lowest BCUT2D eigenvalue weighted by atomic mass is 10.1. The van der Waals surface area contributed by atoms with Crippen LogP contribution in [0.4, 0.5) is 5.69 Å². The molecule has 0 spiro atoms. The summed E-state index contributed by atoms with van der Waals surface area (Å²) in [5.74, 6) is -0.180. The van der Waals surface area contributed by atoms with Gasteiger partial charge in [0, 0.05) is 11.1 Å². The fourth-order valence-corrected chi connectivity index (χ4v) is 2.05. The number of nitrogens with zero attached hydrogens (tertiary/aromatic N) is 2. The van der Waals surface area contributed by atoms with Crippen molar-refractivity contribution in [3.8, 4) is 39.9 Å². The molecule has 0 unspecified atom stereocenters. The highest BCUT2D eigenvalue weighted by molar-refractivity contribution is 5.69. The minimum absolute atomic E-state index is 0.0352. The highest BCUT2D eigenvalue weighted by Crippen LogP contribution is 2.33. The van der Waals surface area contributed by atoms with Gasteiger partial charge in [-0.2, -0.15) is 0 Å². The first-order valence-corrected chi connectivity index (χ1v) is 6.32. The van der Waals surface area contributed by atoms with E-state index in [0.717, 1.165) is 0 Å². The van der Waals surface area contributed by atoms with Gasteiger partial charge in [-0.1, -0.05) is 6.07 Å². The summed E-state index contributed by atoms with van der Waals surface area (Å²) in [6, 6.07) is 8.79. The molecule has 0 fully saturated rings. The van der Waals surface area contributed by atoms with Crippen molar-refractivity contribution in [1.29, 1.82) is 0 Å². The summed E-state index contributed by atoms with van der Waals surface area (Å²) in [6.07, 6.45) is 1.56. The van der Waals surface area contributed by atoms with Gasteiger partial charge in [0.15, 0.2) is 11.5 Å². The van der Waals surface area contributed by atoms with Gasteiger partial charge in [-0.05, 0) is 35.5 Å². The van der Waals surface area contributed by atoms with Crippen molar-refractivity contribution in [3.05, 3.63) is 47.5 Å². The van der Waals surface area contributed by atoms with Crippen LogP contribution in [0.25, 0.3) is 22.6 Å². The van der Waals surface area contributed by atoms with Crippen molar-refractivity contribution in [3.63, 3.8) is 0 Å². The van der Waals surface area contributed by atoms with Gasteiger partial charge in [-0.25, -0.2) is 4.98 Å². The van der Waals surface area contributed by atoms with Crippen molar-refractivity contribution in [2.75, 3.05) is 0 Å². The summed E-state index contributed by atoms with van der Waals surface area (Å²) in [5.41, 5.74) is 1.81. The molecule has 0 aliphatic carbocycles. The molecular formula is C15H11N3O4. The largest absolute Gasteiger partial charge is 0.506 e. The van der Waals surface area contributed by atoms with Crippen molar-refractivity contribution < 1.29 is 15.3 Å². The molecule has 110 valence electrons. The van der Waals surface area contributed by atoms with E-state index in [1.165, 1.54) is 24.3 Å². The van der Waals surface area contributed by atoms with Crippen LogP contribution in [0.1, 0.15) is 0 Å². The molecule has 0 amide bonds. The molecule has 0 radical (unpaired) electrons. The van der Waals surface area contributed by atoms with Crippen LogP contribution in [0.5, 0.6) is 17.2 Å². The minimum Gasteiger partial charge on any atom is -0.506 e. The quantitative estimate of drug-likeness (QED) is 0.437. The molecule has 22 heavy (non-hydrogen) atoms. The number of nitroso groups, excluding NO2 is 1. The summed E-state index contributed by atoms with van der Waals surface area (Å²) in [5, 5.41) is 31.2. The van der Waals surface area contributed by atoms with E-state index in [1.54, 1.807) is 18.3 Å². The number of aromatic hydroxyl groups is 3. The fraction of sp³-hybridized carbons (Fsp3) is 0. The van der Waals surface area contributed by atoms with E-state index >= 15 is 0 Å². The SMILES string of the molecule is O=Nc1ccc(-c2cnc(-c3ccc(O)c(O)c3)[nH]2)cc1O. The molecule has 2 aromatic carbocycles. The number of imidazole rings is 1. The second-order valence-electron chi connectivity index (χ2n) is 4.64. The third-order valence-corrected chi connectivity index (χ3v) is 3.21. The van der Waals surface area contributed by atoms with Crippen molar-refractivity contribution >= 4 is 5.69 Å². The maximum atomic E-state index is 10.4. The zero-order valence-corrected chi connectivity index (χ0v) is 11.2. The highest BCUT2D eigenvalue weighted by Gasteiger charge is 2.10. The van der Waals surface area contributed by atoms with E-state index in [0.29, 0.717) is 22.6 Å². The van der Waals surface area contributed by atoms with Gasteiger partial charge in [0.25, 0.3) is 0 Å². The van der Waals surface area contributed by atoms with Crippen LogP contribution in [0.15, 0.2) is 47.8 Å². The van der Waals surface area contributed by atoms with Crippen LogP contribution in [0, 0.1) is 4.91 Å². The van der Waals surface area contributed by atoms with Crippen molar-refractivity contribution in [2.45, 2.75) is 0 Å². The lowest BCUT2D eigenvalue weighted by molar-refractivity contribution is 0.404. The second-order valence-corrected chi connectivity index (χ2v) is 4.64. The number of rotatable bonds is 3. The molecule has 1 heterocycles. The number of hydrogen-bond acceptors (Lipinski definition) is 6. The normalized spacial score (nSPS) is 10.5. The number of hydrogen-bond donors (Lipinski definition) is 4. The predicted octanol–water partition coefficient (Wildman–Crippen LogP) is 3.26. The van der Waals surface area contributed by atoms with Gasteiger partial charge in [0.2, 0.25) is 0 Å². The minimum atomic E-state index is -0.241. The van der Waals surface area contributed by atoms with Gasteiger partial charge in [-0.3, -0.25) is 0 Å². The maximum absolute atomic E-state index is 10.4. The number of aromatic amines is 1. The number of benzene rings is 2. The van der Waals surface area contributed by atoms with Gasteiger partial charge in [-0.15, -0.1) is 4.91 Å². The van der Waals surface area contributed by atoms with E-state index in [4.69, 9.17) is 0 Å². The zero-order chi connectivity index (χ0) is 15.7. The lowest BCUT2D eigenvalue weighted by Gasteiger charge is -2.02. The predicted molar refractivity (Wildman–Crippen MR) is 79.9 cm³/mol. The van der Waals surface area contributed by atoms with Crippen LogP contribution in [-0.2, 0) is 0 Å². The molecule has 4 N–H and O–H groups in total. The average Bonchev–Trinajstić information content (AvgIpc) is 3.00. The first-order chi connectivity index (χ1) is 10.6. The number of phenols is 3. The molecule has 3 rings (SSSR count). The third-order valence-electron chi connectivity index (χ3n) is 3.21. The first kappa shape index (κ1) is 13.6. The van der Waals surface area contributed by atoms with Crippen molar-refractivity contribution in [1.82, 2.24) is 9.97 Å². The molecule has 0 saturated heterocycles. The summed E-state index contributed by atoms with van der Waals surface area (Å²) in [6.45, 7) is 0. The topological polar surface area (TPSA) is 119 Å². The molecular weight excluding hydrogens is 286 g/mol. The summed E-state index contributed by atoms with van der Waals surface area (Å²) < 4.78 is 0. The molecule has 3 aromatic rings. The number of H-pyrrole nitrogens is 1. The van der Waals surface area contributed by atoms with Crippen LogP contribution >= 0.6 is 0 Å². The highest BCUT2D eigenvalue weighted by atomic mass is 16.3. The van der Waals surface area contributed by atoms with Gasteiger partial charge in [0.1, 0.15) is 17.3 Å². The van der Waals surface area contributed by atoms with Crippen LogP contribution in [-0.4, -0.2) is 25.3 Å². The molecule has 0 bridgehead atoms. The number of aromatic nitrogens is 2. The number of nitrogens with one attached hydrogen (secondary N) is 1. The smallest absolute Gasteiger partial charge is 0.158 e. The van der Waals surface area contributed by atoms with E-state index in [-0.39, 0.29) is 22.9 Å². The third kappa shape index (κ3) is 2.35. The first-order valence-electron chi connectivity index (χ1n) is 6.32. The summed E-state index contributed by atoms with van der Waals surface area (Å²) in [4.78, 5) is 17.7. The Morgan fingerprint density at radius 1 is 0.909 bits per heavy atom. The van der Waals surface area contributed by atoms with Gasteiger partial charge < -0.3 is 20.3 Å². The second kappa shape index (κ2) is 5.21. The monoisotopic (exact) mass is 297 g/mol. The zero-order valence-electron chi connectivity index (χ0n) is 11.2. The van der Waals surface area contributed by atoms with Crippen LogP contribution in [0.3, 0.4) is 0 Å².